The van der Waals surface area contributed by atoms with Crippen LogP contribution in [0.2, 0.25) is 0 Å². The van der Waals surface area contributed by atoms with E-state index in [1.807, 2.05) is 30.6 Å². The lowest BCUT2D eigenvalue weighted by Gasteiger charge is -1.95. The molecule has 1 rings (SSSR count). The minimum absolute atomic E-state index is 0. The molecule has 0 aliphatic heterocycles. The highest BCUT2D eigenvalue weighted by atomic mass is 35.5. The van der Waals surface area contributed by atoms with Crippen LogP contribution in [0.1, 0.15) is 0 Å². The SMILES string of the molecule is C=COCC[n+]1ccccc1.[Cl-]. The lowest BCUT2D eigenvalue weighted by atomic mass is 10.5. The van der Waals surface area contributed by atoms with E-state index in [-0.39, 0.29) is 12.4 Å². The van der Waals surface area contributed by atoms with Crippen LogP contribution in [0.3, 0.4) is 0 Å². The molecule has 66 valence electrons. The second-order valence-electron chi connectivity index (χ2n) is 2.15. The number of halogens is 1. The molecule has 0 amide bonds. The number of rotatable bonds is 4. The average Bonchev–Trinajstić information content (AvgIpc) is 2.07. The van der Waals surface area contributed by atoms with Crippen molar-refractivity contribution in [2.45, 2.75) is 6.54 Å². The molecule has 0 spiro atoms. The Balaban J connectivity index is 0.00000121. The number of ether oxygens (including phenoxy) is 1. The molecule has 3 heteroatoms. The van der Waals surface area contributed by atoms with E-state index in [9.17, 15) is 0 Å². The first-order valence-electron chi connectivity index (χ1n) is 3.60. The maximum Gasteiger partial charge on any atom is 0.182 e. The van der Waals surface area contributed by atoms with E-state index in [2.05, 4.69) is 11.1 Å². The van der Waals surface area contributed by atoms with Gasteiger partial charge >= 0.3 is 0 Å². The quantitative estimate of drug-likeness (QED) is 0.305. The molecule has 0 aliphatic carbocycles. The summed E-state index contributed by atoms with van der Waals surface area (Å²) in [5.41, 5.74) is 0. The highest BCUT2D eigenvalue weighted by Gasteiger charge is 1.94. The highest BCUT2D eigenvalue weighted by molar-refractivity contribution is 4.83. The first-order valence-corrected chi connectivity index (χ1v) is 3.60. The Labute approximate surface area is 78.9 Å². The summed E-state index contributed by atoms with van der Waals surface area (Å²) in [6.45, 7) is 5.01. The molecule has 0 atom stereocenters. The minimum atomic E-state index is 0. The number of pyridine rings is 1. The zero-order chi connectivity index (χ0) is 7.94. The fraction of sp³-hybridized carbons (Fsp3) is 0.222. The Kier molecular flexibility index (Phi) is 6.11. The molecule has 0 unspecified atom stereocenters. The van der Waals surface area contributed by atoms with Crippen LogP contribution in [0.25, 0.3) is 0 Å². The van der Waals surface area contributed by atoms with Crippen molar-refractivity contribution in [3.05, 3.63) is 43.4 Å². The Morgan fingerprint density at radius 2 is 1.92 bits per heavy atom. The van der Waals surface area contributed by atoms with Crippen molar-refractivity contribution in [1.82, 2.24) is 0 Å². The molecule has 1 aromatic heterocycles. The maximum absolute atomic E-state index is 4.98. The van der Waals surface area contributed by atoms with Gasteiger partial charge < -0.3 is 17.1 Å². The van der Waals surface area contributed by atoms with Crippen LogP contribution in [-0.2, 0) is 11.3 Å². The van der Waals surface area contributed by atoms with Crippen molar-refractivity contribution in [1.29, 1.82) is 0 Å². The van der Waals surface area contributed by atoms with Crippen molar-refractivity contribution < 1.29 is 21.7 Å². The van der Waals surface area contributed by atoms with E-state index in [1.165, 1.54) is 6.26 Å². The lowest BCUT2D eigenvalue weighted by Crippen LogP contribution is -3.00. The van der Waals surface area contributed by atoms with Gasteiger partial charge in [-0.2, -0.15) is 0 Å². The molecule has 0 bridgehead atoms. The van der Waals surface area contributed by atoms with E-state index in [1.54, 1.807) is 0 Å². The number of aromatic nitrogens is 1. The van der Waals surface area contributed by atoms with E-state index in [0.29, 0.717) is 6.61 Å². The zero-order valence-corrected chi connectivity index (χ0v) is 7.57. The third-order valence-electron chi connectivity index (χ3n) is 1.36. The molecule has 2 nitrogen and oxygen atoms in total. The summed E-state index contributed by atoms with van der Waals surface area (Å²) in [5, 5.41) is 0. The van der Waals surface area contributed by atoms with E-state index < -0.39 is 0 Å². The predicted octanol–water partition coefficient (Wildman–Crippen LogP) is -1.86. The minimum Gasteiger partial charge on any atom is -1.00 e. The van der Waals surface area contributed by atoms with Crippen molar-refractivity contribution in [2.24, 2.45) is 0 Å². The van der Waals surface area contributed by atoms with Crippen LogP contribution in [0.15, 0.2) is 43.4 Å². The van der Waals surface area contributed by atoms with Gasteiger partial charge in [0.15, 0.2) is 18.9 Å². The molecule has 0 aromatic carbocycles. The Bertz CT molecular complexity index is 213. The summed E-state index contributed by atoms with van der Waals surface area (Å²) < 4.78 is 7.04. The molecule has 1 aromatic rings. The third kappa shape index (κ3) is 3.98. The largest absolute Gasteiger partial charge is 1.00 e. The van der Waals surface area contributed by atoms with Gasteiger partial charge in [-0.1, -0.05) is 12.6 Å². The van der Waals surface area contributed by atoms with Gasteiger partial charge in [-0.3, -0.25) is 0 Å². The molecule has 0 N–H and O–H groups in total. The standard InChI is InChI=1S/C9H12NO.ClH/c1-2-11-9-8-10-6-4-3-5-7-10;/h2-7H,1,8-9H2;1H/q+1;/p-1. The fourth-order valence-electron chi connectivity index (χ4n) is 0.825. The van der Waals surface area contributed by atoms with Crippen molar-refractivity contribution in [2.75, 3.05) is 6.61 Å². The Morgan fingerprint density at radius 3 is 2.50 bits per heavy atom. The normalized spacial score (nSPS) is 8.33. The van der Waals surface area contributed by atoms with Crippen LogP contribution in [0.5, 0.6) is 0 Å². The fourth-order valence-corrected chi connectivity index (χ4v) is 0.825. The molecule has 0 saturated carbocycles. The monoisotopic (exact) mass is 185 g/mol. The summed E-state index contributed by atoms with van der Waals surface area (Å²) >= 11 is 0. The number of nitrogens with zero attached hydrogens (tertiary/aromatic N) is 1. The second kappa shape index (κ2) is 6.68. The van der Waals surface area contributed by atoms with E-state index in [4.69, 9.17) is 4.74 Å². The summed E-state index contributed by atoms with van der Waals surface area (Å²) in [7, 11) is 0. The van der Waals surface area contributed by atoms with E-state index >= 15 is 0 Å². The predicted molar refractivity (Wildman–Crippen MR) is 42.8 cm³/mol. The van der Waals surface area contributed by atoms with Crippen LogP contribution in [-0.4, -0.2) is 6.61 Å². The molecular weight excluding hydrogens is 174 g/mol. The highest BCUT2D eigenvalue weighted by Crippen LogP contribution is 1.78. The number of hydrogen-bond acceptors (Lipinski definition) is 1. The van der Waals surface area contributed by atoms with Crippen LogP contribution < -0.4 is 17.0 Å². The van der Waals surface area contributed by atoms with Gasteiger partial charge in [0, 0.05) is 12.1 Å². The van der Waals surface area contributed by atoms with Gasteiger partial charge in [-0.15, -0.1) is 0 Å². The van der Waals surface area contributed by atoms with Crippen LogP contribution >= 0.6 is 0 Å². The lowest BCUT2D eigenvalue weighted by molar-refractivity contribution is -0.698. The number of hydrogen-bond donors (Lipinski definition) is 0. The molecule has 1 heterocycles. The molecular formula is C9H12ClNO. The zero-order valence-electron chi connectivity index (χ0n) is 6.82. The summed E-state index contributed by atoms with van der Waals surface area (Å²) in [4.78, 5) is 0. The third-order valence-corrected chi connectivity index (χ3v) is 1.36. The second-order valence-corrected chi connectivity index (χ2v) is 2.15. The topological polar surface area (TPSA) is 13.1 Å². The van der Waals surface area contributed by atoms with Crippen LogP contribution in [0.4, 0.5) is 0 Å². The molecule has 12 heavy (non-hydrogen) atoms. The summed E-state index contributed by atoms with van der Waals surface area (Å²) in [5.74, 6) is 0. The van der Waals surface area contributed by atoms with Gasteiger partial charge in [-0.05, 0) is 0 Å². The average molecular weight is 186 g/mol. The summed E-state index contributed by atoms with van der Waals surface area (Å²) in [6.07, 6.45) is 5.47. The molecule has 0 fully saturated rings. The Morgan fingerprint density at radius 1 is 1.25 bits per heavy atom. The van der Waals surface area contributed by atoms with Gasteiger partial charge in [0.2, 0.25) is 0 Å². The maximum atomic E-state index is 4.98. The van der Waals surface area contributed by atoms with Crippen molar-refractivity contribution >= 4 is 0 Å². The van der Waals surface area contributed by atoms with Crippen molar-refractivity contribution in [3.63, 3.8) is 0 Å². The molecule has 0 radical (unpaired) electrons. The van der Waals surface area contributed by atoms with Crippen molar-refractivity contribution in [3.8, 4) is 0 Å². The molecule has 0 aliphatic rings. The van der Waals surface area contributed by atoms with E-state index in [0.717, 1.165) is 6.54 Å². The Hall–Kier alpha value is -1.02. The molecule has 0 saturated heterocycles. The van der Waals surface area contributed by atoms with Gasteiger partial charge in [0.1, 0.15) is 6.61 Å². The van der Waals surface area contributed by atoms with Crippen LogP contribution in [0, 0.1) is 0 Å². The first-order chi connectivity index (χ1) is 5.43. The first kappa shape index (κ1) is 11.0. The summed E-state index contributed by atoms with van der Waals surface area (Å²) in [6, 6.07) is 5.98. The van der Waals surface area contributed by atoms with Gasteiger partial charge in [-0.25, -0.2) is 4.57 Å². The smallest absolute Gasteiger partial charge is 0.182 e. The van der Waals surface area contributed by atoms with Gasteiger partial charge in [0.05, 0.1) is 6.26 Å². The van der Waals surface area contributed by atoms with Gasteiger partial charge in [0.25, 0.3) is 0 Å².